The number of hydrogen-bond donors (Lipinski definition) is 2. The van der Waals surface area contributed by atoms with E-state index in [0.29, 0.717) is 11.8 Å². The van der Waals surface area contributed by atoms with Crippen molar-refractivity contribution in [1.82, 2.24) is 10.0 Å². The van der Waals surface area contributed by atoms with E-state index in [1.165, 1.54) is 16.7 Å². The van der Waals surface area contributed by atoms with Gasteiger partial charge in [0.05, 0.1) is 6.26 Å². The van der Waals surface area contributed by atoms with E-state index in [0.717, 1.165) is 25.9 Å². The van der Waals surface area contributed by atoms with Gasteiger partial charge in [-0.1, -0.05) is 18.2 Å². The van der Waals surface area contributed by atoms with Crippen molar-refractivity contribution < 1.29 is 8.42 Å². The van der Waals surface area contributed by atoms with Gasteiger partial charge in [0, 0.05) is 23.2 Å². The standard InChI is InChI=1S/C13H20N2O2S2/c1-19(16,17)15-8-4-7-14-10-12-9-11-5-2-3-6-13(11)18-12/h2-3,5-6,12,14-15H,4,7-10H2,1H3. The zero-order valence-electron chi connectivity index (χ0n) is 11.1. The van der Waals surface area contributed by atoms with Gasteiger partial charge in [-0.05, 0) is 31.0 Å². The maximum absolute atomic E-state index is 10.9. The van der Waals surface area contributed by atoms with E-state index in [1.54, 1.807) is 0 Å². The van der Waals surface area contributed by atoms with Gasteiger partial charge < -0.3 is 5.32 Å². The van der Waals surface area contributed by atoms with Crippen LogP contribution >= 0.6 is 11.8 Å². The van der Waals surface area contributed by atoms with Gasteiger partial charge in [0.2, 0.25) is 10.0 Å². The van der Waals surface area contributed by atoms with E-state index in [9.17, 15) is 8.42 Å². The Bertz CT molecular complexity index is 492. The molecule has 6 heteroatoms. The largest absolute Gasteiger partial charge is 0.316 e. The first-order valence-electron chi connectivity index (χ1n) is 6.44. The van der Waals surface area contributed by atoms with Gasteiger partial charge in [0.1, 0.15) is 0 Å². The van der Waals surface area contributed by atoms with E-state index in [1.807, 2.05) is 11.8 Å². The summed E-state index contributed by atoms with van der Waals surface area (Å²) in [4.78, 5) is 1.40. The highest BCUT2D eigenvalue weighted by Crippen LogP contribution is 2.36. The summed E-state index contributed by atoms with van der Waals surface area (Å²) in [5.74, 6) is 0. The molecule has 2 N–H and O–H groups in total. The van der Waals surface area contributed by atoms with E-state index in [4.69, 9.17) is 0 Å². The van der Waals surface area contributed by atoms with Crippen LogP contribution in [0.1, 0.15) is 12.0 Å². The van der Waals surface area contributed by atoms with Crippen molar-refractivity contribution in [2.24, 2.45) is 0 Å². The monoisotopic (exact) mass is 300 g/mol. The molecule has 2 rings (SSSR count). The van der Waals surface area contributed by atoms with Crippen LogP contribution in [0.2, 0.25) is 0 Å². The highest BCUT2D eigenvalue weighted by Gasteiger charge is 2.20. The Morgan fingerprint density at radius 3 is 2.84 bits per heavy atom. The highest BCUT2D eigenvalue weighted by atomic mass is 32.2. The minimum atomic E-state index is -3.05. The molecule has 0 fully saturated rings. The maximum atomic E-state index is 10.9. The molecule has 0 aliphatic carbocycles. The lowest BCUT2D eigenvalue weighted by molar-refractivity contribution is 0.578. The molecule has 0 amide bonds. The van der Waals surface area contributed by atoms with E-state index < -0.39 is 10.0 Å². The zero-order chi connectivity index (χ0) is 13.7. The summed E-state index contributed by atoms with van der Waals surface area (Å²) >= 11 is 1.93. The molecule has 1 heterocycles. The molecule has 0 bridgehead atoms. The summed E-state index contributed by atoms with van der Waals surface area (Å²) in [6.45, 7) is 2.32. The molecule has 0 saturated carbocycles. The third-order valence-electron chi connectivity index (χ3n) is 2.98. The van der Waals surface area contributed by atoms with Gasteiger partial charge >= 0.3 is 0 Å². The number of nitrogens with one attached hydrogen (secondary N) is 2. The molecule has 1 aliphatic heterocycles. The first-order chi connectivity index (χ1) is 9.04. The molecule has 1 aromatic carbocycles. The number of rotatable bonds is 7. The third kappa shape index (κ3) is 5.14. The fourth-order valence-electron chi connectivity index (χ4n) is 2.10. The van der Waals surface area contributed by atoms with Crippen LogP contribution in [0.25, 0.3) is 0 Å². The van der Waals surface area contributed by atoms with Crippen molar-refractivity contribution >= 4 is 21.8 Å². The van der Waals surface area contributed by atoms with Gasteiger partial charge in [-0.25, -0.2) is 13.1 Å². The molecule has 1 aliphatic rings. The minimum absolute atomic E-state index is 0.504. The molecular formula is C13H20N2O2S2. The number of thioether (sulfide) groups is 1. The topological polar surface area (TPSA) is 58.2 Å². The van der Waals surface area contributed by atoms with E-state index in [2.05, 4.69) is 34.3 Å². The number of hydrogen-bond acceptors (Lipinski definition) is 4. The van der Waals surface area contributed by atoms with Crippen LogP contribution in [0, 0.1) is 0 Å². The van der Waals surface area contributed by atoms with Crippen molar-refractivity contribution in [3.63, 3.8) is 0 Å². The van der Waals surface area contributed by atoms with Crippen LogP contribution in [0.3, 0.4) is 0 Å². The highest BCUT2D eigenvalue weighted by molar-refractivity contribution is 8.00. The fourth-order valence-corrected chi connectivity index (χ4v) is 3.90. The molecule has 1 aromatic rings. The Morgan fingerprint density at radius 1 is 1.32 bits per heavy atom. The Balaban J connectivity index is 1.59. The molecule has 1 atom stereocenters. The second-order valence-corrected chi connectivity index (χ2v) is 7.95. The third-order valence-corrected chi connectivity index (χ3v) is 5.03. The average Bonchev–Trinajstić information content (AvgIpc) is 2.74. The molecule has 0 saturated heterocycles. The molecule has 1 unspecified atom stereocenters. The number of benzene rings is 1. The van der Waals surface area contributed by atoms with E-state index >= 15 is 0 Å². The number of sulfonamides is 1. The lowest BCUT2D eigenvalue weighted by Gasteiger charge is -2.10. The van der Waals surface area contributed by atoms with Crippen LogP contribution in [0.4, 0.5) is 0 Å². The Morgan fingerprint density at radius 2 is 2.11 bits per heavy atom. The predicted octanol–water partition coefficient (Wildman–Crippen LogP) is 1.23. The predicted molar refractivity (Wildman–Crippen MR) is 80.1 cm³/mol. The van der Waals surface area contributed by atoms with Gasteiger partial charge in [-0.15, -0.1) is 11.8 Å². The smallest absolute Gasteiger partial charge is 0.208 e. The first-order valence-corrected chi connectivity index (χ1v) is 9.21. The molecule has 0 radical (unpaired) electrons. The lowest BCUT2D eigenvalue weighted by atomic mass is 10.1. The van der Waals surface area contributed by atoms with Crippen LogP contribution in [0.15, 0.2) is 29.2 Å². The summed E-state index contributed by atoms with van der Waals surface area (Å²) < 4.78 is 24.2. The molecule has 106 valence electrons. The fraction of sp³-hybridized carbons (Fsp3) is 0.538. The minimum Gasteiger partial charge on any atom is -0.316 e. The zero-order valence-corrected chi connectivity index (χ0v) is 12.7. The summed E-state index contributed by atoms with van der Waals surface area (Å²) in [6.07, 6.45) is 3.12. The summed E-state index contributed by atoms with van der Waals surface area (Å²) in [6, 6.07) is 8.54. The van der Waals surface area contributed by atoms with Gasteiger partial charge in [0.25, 0.3) is 0 Å². The van der Waals surface area contributed by atoms with Crippen LogP contribution in [-0.2, 0) is 16.4 Å². The van der Waals surface area contributed by atoms with Crippen molar-refractivity contribution in [3.8, 4) is 0 Å². The summed E-state index contributed by atoms with van der Waals surface area (Å²) in [5.41, 5.74) is 1.44. The Hall–Kier alpha value is -0.560. The SMILES string of the molecule is CS(=O)(=O)NCCCNCC1Cc2ccccc2S1. The molecule has 19 heavy (non-hydrogen) atoms. The average molecular weight is 300 g/mol. The number of fused-ring (bicyclic) bond motifs is 1. The lowest BCUT2D eigenvalue weighted by Crippen LogP contribution is -2.29. The Kier molecular flexibility index (Phi) is 5.27. The summed E-state index contributed by atoms with van der Waals surface area (Å²) in [7, 11) is -3.05. The second kappa shape index (κ2) is 6.74. The molecule has 0 spiro atoms. The van der Waals surface area contributed by atoms with Crippen LogP contribution < -0.4 is 10.0 Å². The second-order valence-electron chi connectivity index (χ2n) is 4.78. The first kappa shape index (κ1) is 14.8. The maximum Gasteiger partial charge on any atom is 0.208 e. The van der Waals surface area contributed by atoms with Gasteiger partial charge in [-0.2, -0.15) is 0 Å². The van der Waals surface area contributed by atoms with Crippen LogP contribution in [-0.4, -0.2) is 39.6 Å². The Labute approximate surface area is 119 Å². The summed E-state index contributed by atoms with van der Waals surface area (Å²) in [5, 5.41) is 3.99. The molecular weight excluding hydrogens is 280 g/mol. The van der Waals surface area contributed by atoms with Crippen molar-refractivity contribution in [3.05, 3.63) is 29.8 Å². The van der Waals surface area contributed by atoms with E-state index in [-0.39, 0.29) is 0 Å². The van der Waals surface area contributed by atoms with Crippen molar-refractivity contribution in [1.29, 1.82) is 0 Å². The molecule has 0 aromatic heterocycles. The quantitative estimate of drug-likeness (QED) is 0.744. The van der Waals surface area contributed by atoms with Crippen LogP contribution in [0.5, 0.6) is 0 Å². The normalized spacial score (nSPS) is 18.5. The van der Waals surface area contributed by atoms with Gasteiger partial charge in [0.15, 0.2) is 0 Å². The van der Waals surface area contributed by atoms with Crippen molar-refractivity contribution in [2.75, 3.05) is 25.9 Å². The van der Waals surface area contributed by atoms with Crippen molar-refractivity contribution in [2.45, 2.75) is 23.0 Å². The molecule has 4 nitrogen and oxygen atoms in total. The van der Waals surface area contributed by atoms with Gasteiger partial charge in [-0.3, -0.25) is 0 Å².